The number of carbonyl (C=O) groups excluding carboxylic acids is 1. The molecule has 0 atom stereocenters. The number of esters is 1. The molecule has 0 spiro atoms. The Labute approximate surface area is 167 Å². The molecule has 0 aliphatic rings. The third-order valence-corrected chi connectivity index (χ3v) is 5.68. The number of furan rings is 1. The Morgan fingerprint density at radius 3 is 2.54 bits per heavy atom. The van der Waals surface area contributed by atoms with Gasteiger partial charge in [0.05, 0.1) is 16.9 Å². The molecule has 2 aromatic carbocycles. The van der Waals surface area contributed by atoms with Crippen LogP contribution in [0.25, 0.3) is 0 Å². The molecule has 3 rings (SSSR count). The molecule has 0 bridgehead atoms. The summed E-state index contributed by atoms with van der Waals surface area (Å²) in [5.41, 5.74) is 0.240. The summed E-state index contributed by atoms with van der Waals surface area (Å²) in [6.45, 7) is 0.0847. The third-order valence-electron chi connectivity index (χ3n) is 3.76. The first kappa shape index (κ1) is 20.0. The van der Waals surface area contributed by atoms with E-state index >= 15 is 0 Å². The van der Waals surface area contributed by atoms with E-state index in [4.69, 9.17) is 25.5 Å². The molecule has 0 amide bonds. The standard InChI is InChI=1S/C20H17ClO6S/c21-16-5-4-6-17(13-16)25-11-12-27-20(22)19-15(9-10-26-19)14-28(23,24)18-7-2-1-3-8-18/h1-10,13H,11-12,14H2. The lowest BCUT2D eigenvalue weighted by Gasteiger charge is -2.08. The Bertz CT molecular complexity index is 1040. The zero-order valence-electron chi connectivity index (χ0n) is 14.7. The Hall–Kier alpha value is -2.77. The predicted molar refractivity (Wildman–Crippen MR) is 103 cm³/mol. The number of sulfone groups is 1. The molecule has 146 valence electrons. The number of carbonyl (C=O) groups is 1. The highest BCUT2D eigenvalue weighted by atomic mass is 35.5. The number of benzene rings is 2. The largest absolute Gasteiger partial charge is 0.490 e. The zero-order valence-corrected chi connectivity index (χ0v) is 16.3. The molecule has 28 heavy (non-hydrogen) atoms. The molecule has 8 heteroatoms. The minimum Gasteiger partial charge on any atom is -0.490 e. The van der Waals surface area contributed by atoms with Crippen molar-refractivity contribution in [2.75, 3.05) is 13.2 Å². The van der Waals surface area contributed by atoms with Gasteiger partial charge in [0.25, 0.3) is 0 Å². The van der Waals surface area contributed by atoms with E-state index in [1.165, 1.54) is 24.5 Å². The summed E-state index contributed by atoms with van der Waals surface area (Å²) in [5.74, 6) is -0.701. The molecule has 0 N–H and O–H groups in total. The quantitative estimate of drug-likeness (QED) is 0.402. The molecule has 0 radical (unpaired) electrons. The SMILES string of the molecule is O=C(OCCOc1cccc(Cl)c1)c1occc1CS(=O)(=O)c1ccccc1. The van der Waals surface area contributed by atoms with E-state index in [2.05, 4.69) is 0 Å². The predicted octanol–water partition coefficient (Wildman–Crippen LogP) is 4.14. The Kier molecular flexibility index (Phi) is 6.38. The first-order chi connectivity index (χ1) is 13.5. The molecule has 0 unspecified atom stereocenters. The van der Waals surface area contributed by atoms with Gasteiger partial charge in [-0.2, -0.15) is 0 Å². The van der Waals surface area contributed by atoms with E-state index in [-0.39, 0.29) is 35.2 Å². The smallest absolute Gasteiger partial charge is 0.374 e. The van der Waals surface area contributed by atoms with Crippen LogP contribution in [0.1, 0.15) is 16.1 Å². The fourth-order valence-electron chi connectivity index (χ4n) is 2.46. The van der Waals surface area contributed by atoms with E-state index in [1.54, 1.807) is 42.5 Å². The molecule has 1 heterocycles. The Morgan fingerprint density at radius 2 is 1.79 bits per heavy atom. The van der Waals surface area contributed by atoms with E-state index in [0.717, 1.165) is 0 Å². The second-order valence-electron chi connectivity index (χ2n) is 5.79. The summed E-state index contributed by atoms with van der Waals surface area (Å²) in [6.07, 6.45) is 1.26. The highest BCUT2D eigenvalue weighted by Gasteiger charge is 2.23. The van der Waals surface area contributed by atoms with Gasteiger partial charge in [-0.25, -0.2) is 13.2 Å². The van der Waals surface area contributed by atoms with Crippen molar-refractivity contribution in [3.8, 4) is 5.75 Å². The van der Waals surface area contributed by atoms with Crippen LogP contribution in [0.4, 0.5) is 0 Å². The second-order valence-corrected chi connectivity index (χ2v) is 8.21. The third kappa shape index (κ3) is 5.15. The van der Waals surface area contributed by atoms with Crippen LogP contribution in [0.2, 0.25) is 5.02 Å². The summed E-state index contributed by atoms with van der Waals surface area (Å²) in [7, 11) is -3.61. The monoisotopic (exact) mass is 420 g/mol. The van der Waals surface area contributed by atoms with Gasteiger partial charge in [0.1, 0.15) is 19.0 Å². The maximum Gasteiger partial charge on any atom is 0.374 e. The first-order valence-corrected chi connectivity index (χ1v) is 10.4. The van der Waals surface area contributed by atoms with Crippen molar-refractivity contribution in [3.05, 3.63) is 83.3 Å². The lowest BCUT2D eigenvalue weighted by atomic mass is 10.3. The van der Waals surface area contributed by atoms with Gasteiger partial charge in [0.2, 0.25) is 5.76 Å². The van der Waals surface area contributed by atoms with Gasteiger partial charge in [-0.15, -0.1) is 0 Å². The molecule has 0 fully saturated rings. The fourth-order valence-corrected chi connectivity index (χ4v) is 4.02. The lowest BCUT2D eigenvalue weighted by Crippen LogP contribution is -2.14. The number of hydrogen-bond donors (Lipinski definition) is 0. The fraction of sp³-hybridized carbons (Fsp3) is 0.150. The van der Waals surface area contributed by atoms with Gasteiger partial charge in [-0.05, 0) is 36.4 Å². The summed E-state index contributed by atoms with van der Waals surface area (Å²) >= 11 is 5.86. The lowest BCUT2D eigenvalue weighted by molar-refractivity contribution is 0.0414. The molecule has 0 saturated heterocycles. The minimum atomic E-state index is -3.61. The van der Waals surface area contributed by atoms with Gasteiger partial charge in [-0.3, -0.25) is 0 Å². The molecule has 3 aromatic rings. The van der Waals surface area contributed by atoms with E-state index in [9.17, 15) is 13.2 Å². The highest BCUT2D eigenvalue weighted by molar-refractivity contribution is 7.90. The van der Waals surface area contributed by atoms with Crippen LogP contribution in [0.15, 0.2) is 76.2 Å². The second kappa shape index (κ2) is 8.95. The number of halogens is 1. The van der Waals surface area contributed by atoms with Crippen LogP contribution in [-0.2, 0) is 20.3 Å². The van der Waals surface area contributed by atoms with E-state index in [1.807, 2.05) is 0 Å². The van der Waals surface area contributed by atoms with Crippen LogP contribution in [0, 0.1) is 0 Å². The molecule has 6 nitrogen and oxygen atoms in total. The van der Waals surface area contributed by atoms with Crippen molar-refractivity contribution in [3.63, 3.8) is 0 Å². The summed E-state index contributed by atoms with van der Waals surface area (Å²) < 4.78 is 40.7. The van der Waals surface area contributed by atoms with Crippen LogP contribution in [0.3, 0.4) is 0 Å². The maximum atomic E-state index is 12.5. The van der Waals surface area contributed by atoms with Crippen LogP contribution >= 0.6 is 11.6 Å². The van der Waals surface area contributed by atoms with Gasteiger partial charge >= 0.3 is 5.97 Å². The topological polar surface area (TPSA) is 82.8 Å². The summed E-state index contributed by atoms with van der Waals surface area (Å²) in [6, 6.07) is 16.3. The average molecular weight is 421 g/mol. The average Bonchev–Trinajstić information content (AvgIpc) is 3.13. The van der Waals surface area contributed by atoms with Crippen LogP contribution < -0.4 is 4.74 Å². The molecular weight excluding hydrogens is 404 g/mol. The minimum absolute atomic E-state index is 0.0308. The van der Waals surface area contributed by atoms with Gasteiger partial charge < -0.3 is 13.9 Å². The molecule has 1 aromatic heterocycles. The Morgan fingerprint density at radius 1 is 1.00 bits per heavy atom. The molecule has 0 aliphatic carbocycles. The van der Waals surface area contributed by atoms with Crippen molar-refractivity contribution in [2.45, 2.75) is 10.6 Å². The maximum absolute atomic E-state index is 12.5. The number of rotatable bonds is 8. The van der Waals surface area contributed by atoms with Crippen LogP contribution in [-0.4, -0.2) is 27.6 Å². The summed E-state index contributed by atoms with van der Waals surface area (Å²) in [5, 5.41) is 0.536. The van der Waals surface area contributed by atoms with Gasteiger partial charge in [0.15, 0.2) is 9.84 Å². The first-order valence-electron chi connectivity index (χ1n) is 8.35. The summed E-state index contributed by atoms with van der Waals surface area (Å²) in [4.78, 5) is 12.4. The zero-order chi connectivity index (χ0) is 20.0. The van der Waals surface area contributed by atoms with Gasteiger partial charge in [-0.1, -0.05) is 35.9 Å². The van der Waals surface area contributed by atoms with Crippen molar-refractivity contribution >= 4 is 27.4 Å². The van der Waals surface area contributed by atoms with Crippen molar-refractivity contribution in [1.82, 2.24) is 0 Å². The van der Waals surface area contributed by atoms with Gasteiger partial charge in [0, 0.05) is 10.6 Å². The number of ether oxygens (including phenoxy) is 2. The molecule has 0 saturated carbocycles. The normalized spacial score (nSPS) is 11.2. The highest BCUT2D eigenvalue weighted by Crippen LogP contribution is 2.21. The number of hydrogen-bond acceptors (Lipinski definition) is 6. The van der Waals surface area contributed by atoms with Crippen molar-refractivity contribution < 1.29 is 27.1 Å². The molecular formula is C20H17ClO6S. The molecule has 0 aliphatic heterocycles. The van der Waals surface area contributed by atoms with E-state index in [0.29, 0.717) is 10.8 Å². The Balaban J connectivity index is 1.57. The van der Waals surface area contributed by atoms with E-state index < -0.39 is 15.8 Å². The van der Waals surface area contributed by atoms with Crippen LogP contribution in [0.5, 0.6) is 5.75 Å². The van der Waals surface area contributed by atoms with Crippen molar-refractivity contribution in [2.24, 2.45) is 0 Å². The van der Waals surface area contributed by atoms with Crippen molar-refractivity contribution in [1.29, 1.82) is 0 Å².